The van der Waals surface area contributed by atoms with Crippen LogP contribution in [0.2, 0.25) is 0 Å². The molecule has 772 valence electrons. The van der Waals surface area contributed by atoms with Crippen molar-refractivity contribution >= 4 is 86.5 Å². The molecule has 12 aliphatic carbocycles. The quantitative estimate of drug-likeness (QED) is 0.0212. The molecule has 0 aromatic heterocycles. The molecule has 6 atom stereocenters. The number of rotatable bonds is 22. The second-order valence-corrected chi connectivity index (χ2v) is 44.2. The summed E-state index contributed by atoms with van der Waals surface area (Å²) in [6.07, 6.45) is 9.70. The summed E-state index contributed by atoms with van der Waals surface area (Å²) in [6.45, 7) is 31.3. The Kier molecular flexibility index (Phi) is 52.8. The third-order valence-corrected chi connectivity index (χ3v) is 33.7. The standard InChI is InChI=1S/3C18H15S.C13H18F2O6S.C13H16F2O6S.C13H18F2O5S.9C2H6/c3*1-4-10-16(11-5-1)19(17-12-6-2-7-13-17)18-14-8-3-9-15-18;14-13(15,22(18,19)20)7-21-10(16)11-2-8-1-9(3-11)5-12(17,4-8)6-11;14-13(15,22(18,19)20)6-21-11(17)12-3-7-1-8(4-12)10(16)9(2-7)5-12;14-13(15,21(17,18)19)7-20-6-12-3-8-1-9(4-12)11(16)10(2-8)5-12;9*1-2/h3*1-15H;8-9,17H,1-7H2,(H,18,19,20);7-9H,1-6H2,(H,18,19,20);8-10H,1-7H2,(H,17,18,19);9*1-2H3/q3*+1;;;;;;;;;;;;. The number of Topliss-reactive ketones (excluding diaryl/α,β-unsaturated/α-hetero) is 2. The van der Waals surface area contributed by atoms with Gasteiger partial charge in [-0.05, 0) is 241 Å². The van der Waals surface area contributed by atoms with Gasteiger partial charge < -0.3 is 19.3 Å². The van der Waals surface area contributed by atoms with Crippen molar-refractivity contribution in [1.82, 2.24) is 0 Å². The smallest absolute Gasteiger partial charge is 0.402 e. The number of aliphatic hydroxyl groups is 1. The highest BCUT2D eigenvalue weighted by atomic mass is 32.2. The minimum atomic E-state index is -5.63. The molecule has 12 aliphatic rings. The topological polar surface area (TPSA) is 279 Å². The summed E-state index contributed by atoms with van der Waals surface area (Å²) in [4.78, 5) is 60.8. The largest absolute Gasteiger partial charge is 0.458 e. The highest BCUT2D eigenvalue weighted by Crippen LogP contribution is 2.63. The molecule has 0 heterocycles. The Balaban J connectivity index is 0.000000339. The minimum Gasteiger partial charge on any atom is -0.458 e. The van der Waals surface area contributed by atoms with Crippen molar-refractivity contribution in [3.05, 3.63) is 273 Å². The zero-order valence-corrected chi connectivity index (χ0v) is 89.5. The van der Waals surface area contributed by atoms with Gasteiger partial charge in [0, 0.05) is 23.7 Å². The van der Waals surface area contributed by atoms with E-state index >= 15 is 0 Å². The van der Waals surface area contributed by atoms with Crippen molar-refractivity contribution in [1.29, 1.82) is 0 Å². The summed E-state index contributed by atoms with van der Waals surface area (Å²) < 4.78 is 181. The first-order valence-electron chi connectivity index (χ1n) is 49.4. The monoisotopic (exact) mass is 2060 g/mol. The van der Waals surface area contributed by atoms with Gasteiger partial charge in [-0.25, -0.2) is 0 Å². The summed E-state index contributed by atoms with van der Waals surface area (Å²) in [5.41, 5.74) is -3.19. The number of alkyl halides is 6. The lowest BCUT2D eigenvalue weighted by Gasteiger charge is -2.58. The van der Waals surface area contributed by atoms with Gasteiger partial charge in [0.15, 0.2) is 57.3 Å². The van der Waals surface area contributed by atoms with Crippen LogP contribution in [0.4, 0.5) is 26.3 Å². The van der Waals surface area contributed by atoms with E-state index in [2.05, 4.69) is 282 Å². The molecule has 0 radical (unpaired) electrons. The van der Waals surface area contributed by atoms with Crippen LogP contribution in [-0.2, 0) is 96.4 Å². The lowest BCUT2D eigenvalue weighted by atomic mass is 9.48. The first-order chi connectivity index (χ1) is 67.0. The maximum Gasteiger partial charge on any atom is 0.402 e. The number of carbonyl (C=O) groups excluding carboxylic acids is 4. The SMILES string of the molecule is CC.CC.CC.CC.CC.CC.CC.CC.CC.O=C(OCC(F)(F)S(=O)(=O)O)C12CC3CC(CC(O)(C3)C1)C2.O=C1C2CC3CC1CC(C(=O)OCC(F)(F)S(=O)(=O)O)(C3)C2.O=C1C2CC3CC1CC(COCC(F)(F)S(=O)(=O)O)(C3)C2.c1ccc([S+](c2ccccc2)c2ccccc2)cc1.c1ccc([S+](c2ccccc2)c2ccccc2)cc1.c1ccc([S+](c2ccccc2)c2ccccc2)cc1. The number of esters is 2. The number of ketones is 2. The van der Waals surface area contributed by atoms with Crippen LogP contribution in [-0.4, -0.2) is 115 Å². The van der Waals surface area contributed by atoms with E-state index in [0.717, 1.165) is 38.5 Å². The van der Waals surface area contributed by atoms with Crippen molar-refractivity contribution in [2.45, 2.75) is 293 Å². The van der Waals surface area contributed by atoms with Crippen molar-refractivity contribution in [2.24, 2.45) is 63.6 Å². The lowest BCUT2D eigenvalue weighted by Crippen LogP contribution is -2.58. The molecule has 12 fully saturated rings. The van der Waals surface area contributed by atoms with E-state index in [-0.39, 0.29) is 111 Å². The number of hydrogen-bond acceptors (Lipinski definition) is 14. The van der Waals surface area contributed by atoms with Gasteiger partial charge in [-0.1, -0.05) is 288 Å². The Bertz CT molecular complexity index is 4790. The lowest BCUT2D eigenvalue weighted by molar-refractivity contribution is -0.199. The van der Waals surface area contributed by atoms with Crippen molar-refractivity contribution in [2.75, 3.05) is 26.4 Å². The molecule has 0 aliphatic heterocycles. The Morgan fingerprint density at radius 3 is 0.736 bits per heavy atom. The number of hydrogen-bond donors (Lipinski definition) is 4. The second-order valence-electron chi connectivity index (χ2n) is 33.5. The van der Waals surface area contributed by atoms with Gasteiger partial charge in [0.05, 0.1) is 55.7 Å². The van der Waals surface area contributed by atoms with Crippen LogP contribution in [0, 0.1) is 63.6 Å². The Morgan fingerprint density at radius 2 is 0.507 bits per heavy atom. The van der Waals surface area contributed by atoms with Crippen LogP contribution in [0.3, 0.4) is 0 Å². The third-order valence-electron chi connectivity index (χ3n) is 24.4. The average Bonchev–Trinajstić information content (AvgIpc) is 0.720. The molecule has 9 aromatic carbocycles. The molecule has 6 unspecified atom stereocenters. The molecular weight excluding hydrogens is 1910 g/mol. The van der Waals surface area contributed by atoms with E-state index < -0.39 is 94.3 Å². The van der Waals surface area contributed by atoms with E-state index in [9.17, 15) is 75.9 Å². The van der Waals surface area contributed by atoms with Gasteiger partial charge in [-0.2, -0.15) is 51.6 Å². The first-order valence-corrected chi connectivity index (χ1v) is 57.4. The molecule has 4 N–H and O–H groups in total. The molecular formula is C111H151F6O17S6+3. The van der Waals surface area contributed by atoms with Gasteiger partial charge >= 0.3 is 58.1 Å². The zero-order chi connectivity index (χ0) is 105. The van der Waals surface area contributed by atoms with Crippen molar-refractivity contribution in [3.63, 3.8) is 0 Å². The van der Waals surface area contributed by atoms with Gasteiger partial charge in [-0.15, -0.1) is 0 Å². The molecule has 17 nitrogen and oxygen atoms in total. The molecule has 29 heteroatoms. The van der Waals surface area contributed by atoms with E-state index in [0.29, 0.717) is 56.6 Å². The highest BCUT2D eigenvalue weighted by molar-refractivity contribution is 7.97. The van der Waals surface area contributed by atoms with E-state index in [4.69, 9.17) is 18.4 Å². The maximum absolute atomic E-state index is 13.2. The molecule has 9 aromatic rings. The Morgan fingerprint density at radius 1 is 0.300 bits per heavy atom. The Hall–Kier alpha value is -8.46. The molecule has 0 spiro atoms. The molecule has 21 rings (SSSR count). The van der Waals surface area contributed by atoms with Crippen LogP contribution in [0.25, 0.3) is 0 Å². The minimum absolute atomic E-state index is 0.0146. The molecule has 12 bridgehead atoms. The predicted molar refractivity (Wildman–Crippen MR) is 553 cm³/mol. The molecule has 12 saturated carbocycles. The number of ether oxygens (including phenoxy) is 3. The van der Waals surface area contributed by atoms with E-state index in [1.807, 2.05) is 125 Å². The van der Waals surface area contributed by atoms with E-state index in [1.165, 1.54) is 44.1 Å². The van der Waals surface area contributed by atoms with Crippen LogP contribution in [0.1, 0.15) is 227 Å². The van der Waals surface area contributed by atoms with Gasteiger partial charge in [0.1, 0.15) is 18.2 Å². The molecule has 140 heavy (non-hydrogen) atoms. The van der Waals surface area contributed by atoms with Crippen LogP contribution >= 0.6 is 0 Å². The highest BCUT2D eigenvalue weighted by Gasteiger charge is 2.63. The van der Waals surface area contributed by atoms with Crippen molar-refractivity contribution in [3.8, 4) is 0 Å². The fourth-order valence-electron chi connectivity index (χ4n) is 20.0. The number of benzene rings is 9. The summed E-state index contributed by atoms with van der Waals surface area (Å²) >= 11 is 0. The normalized spacial score (nSPS) is 22.8. The Labute approximate surface area is 840 Å². The van der Waals surface area contributed by atoms with Gasteiger partial charge in [0.25, 0.3) is 0 Å². The second kappa shape index (κ2) is 59.7. The summed E-state index contributed by atoms with van der Waals surface area (Å²) in [5, 5.41) is -2.86. The molecule has 0 saturated heterocycles. The number of carbonyl (C=O) groups is 4. The van der Waals surface area contributed by atoms with Gasteiger partial charge in [-0.3, -0.25) is 32.8 Å². The fraction of sp³-hybridized carbons (Fsp3) is 0.477. The first kappa shape index (κ1) is 124. The average molecular weight is 2060 g/mol. The summed E-state index contributed by atoms with van der Waals surface area (Å²) in [6, 6.07) is 96.5. The number of halogens is 6. The molecule has 0 amide bonds. The predicted octanol–water partition coefficient (Wildman–Crippen LogP) is 28.2. The van der Waals surface area contributed by atoms with Crippen LogP contribution < -0.4 is 0 Å². The van der Waals surface area contributed by atoms with Gasteiger partial charge in [0.2, 0.25) is 0 Å². The van der Waals surface area contributed by atoms with Crippen LogP contribution in [0.5, 0.6) is 0 Å². The fourth-order valence-corrected chi connectivity index (χ4v) is 26.9. The van der Waals surface area contributed by atoms with E-state index in [1.54, 1.807) is 0 Å². The summed E-state index contributed by atoms with van der Waals surface area (Å²) in [5.74, 6) is -0.762. The van der Waals surface area contributed by atoms with Crippen molar-refractivity contribution < 1.29 is 104 Å². The third kappa shape index (κ3) is 34.1. The zero-order valence-electron chi connectivity index (χ0n) is 84.6. The van der Waals surface area contributed by atoms with Crippen LogP contribution in [0.15, 0.2) is 317 Å². The maximum atomic E-state index is 13.2. The summed E-state index contributed by atoms with van der Waals surface area (Å²) in [7, 11) is -16.7.